The molecule has 31 heavy (non-hydrogen) atoms. The summed E-state index contributed by atoms with van der Waals surface area (Å²) >= 11 is 0. The lowest BCUT2D eigenvalue weighted by atomic mass is 10.0. The van der Waals surface area contributed by atoms with Crippen LogP contribution in [0.5, 0.6) is 5.75 Å². The van der Waals surface area contributed by atoms with Crippen molar-refractivity contribution in [3.8, 4) is 5.75 Å². The molecule has 2 fully saturated rings. The molecular weight excluding hydrogens is 392 g/mol. The molecule has 0 spiro atoms. The van der Waals surface area contributed by atoms with Gasteiger partial charge in [-0.2, -0.15) is 0 Å². The minimum atomic E-state index is -0.207. The molecule has 2 amide bonds. The molecule has 2 aliphatic rings. The highest BCUT2D eigenvalue weighted by molar-refractivity contribution is 5.90. The van der Waals surface area contributed by atoms with Crippen LogP contribution in [0.1, 0.15) is 24.8 Å². The number of carbonyl (C=O) groups excluding carboxylic acids is 2. The second-order valence-electron chi connectivity index (χ2n) is 8.46. The molecule has 2 saturated heterocycles. The molecule has 0 bridgehead atoms. The molecule has 0 saturated carbocycles. The summed E-state index contributed by atoms with van der Waals surface area (Å²) in [5, 5.41) is 15.5. The number of likely N-dealkylation sites (tertiary alicyclic amines) is 1. The van der Waals surface area contributed by atoms with E-state index in [2.05, 4.69) is 27.5 Å². The van der Waals surface area contributed by atoms with E-state index < -0.39 is 0 Å². The molecule has 2 aromatic carbocycles. The van der Waals surface area contributed by atoms with Crippen LogP contribution in [0, 0.1) is 0 Å². The number of fused-ring (bicyclic) bond motifs is 1. The number of hydrogen-bond acceptors (Lipinski definition) is 5. The quantitative estimate of drug-likeness (QED) is 0.665. The normalized spacial score (nSPS) is 24.3. The van der Waals surface area contributed by atoms with E-state index in [0.29, 0.717) is 25.9 Å². The molecule has 2 aliphatic heterocycles. The molecule has 3 atom stereocenters. The van der Waals surface area contributed by atoms with Crippen molar-refractivity contribution in [3.63, 3.8) is 0 Å². The van der Waals surface area contributed by atoms with Gasteiger partial charge in [-0.1, -0.05) is 30.3 Å². The molecule has 0 unspecified atom stereocenters. The van der Waals surface area contributed by atoms with Gasteiger partial charge < -0.3 is 15.7 Å². The van der Waals surface area contributed by atoms with Gasteiger partial charge in [-0.05, 0) is 49.7 Å². The van der Waals surface area contributed by atoms with Gasteiger partial charge in [-0.15, -0.1) is 0 Å². The van der Waals surface area contributed by atoms with Gasteiger partial charge in [-0.25, -0.2) is 0 Å². The van der Waals surface area contributed by atoms with Gasteiger partial charge in [0.1, 0.15) is 11.8 Å². The number of phenolic OH excluding ortho intramolecular Hbond substituents is 1. The third kappa shape index (κ3) is 5.06. The van der Waals surface area contributed by atoms with Crippen LogP contribution in [-0.4, -0.2) is 65.0 Å². The maximum Gasteiger partial charge on any atom is 0.239 e. The minimum Gasteiger partial charge on any atom is -0.508 e. The number of nitrogens with one attached hydrogen (secondary N) is 2. The van der Waals surface area contributed by atoms with Gasteiger partial charge in [0.25, 0.3) is 0 Å². The second-order valence-corrected chi connectivity index (χ2v) is 8.46. The van der Waals surface area contributed by atoms with Crippen molar-refractivity contribution in [2.75, 3.05) is 25.5 Å². The number of nitrogens with zero attached hydrogens (tertiary/aromatic N) is 2. The van der Waals surface area contributed by atoms with Crippen LogP contribution in [0.4, 0.5) is 5.69 Å². The van der Waals surface area contributed by atoms with Gasteiger partial charge in [0.15, 0.2) is 0 Å². The Bertz CT molecular complexity index is 903. The first kappa shape index (κ1) is 21.3. The zero-order valence-electron chi connectivity index (χ0n) is 17.8. The number of benzene rings is 2. The largest absolute Gasteiger partial charge is 0.508 e. The number of rotatable bonds is 6. The number of aromatic hydroxyl groups is 1. The van der Waals surface area contributed by atoms with E-state index in [1.54, 1.807) is 12.1 Å². The van der Waals surface area contributed by atoms with Gasteiger partial charge in [0.2, 0.25) is 11.8 Å². The number of amides is 2. The summed E-state index contributed by atoms with van der Waals surface area (Å²) in [5.41, 5.74) is 1.88. The van der Waals surface area contributed by atoms with E-state index in [1.165, 1.54) is 0 Å². The predicted molar refractivity (Wildman–Crippen MR) is 120 cm³/mol. The molecule has 4 rings (SSSR count). The average Bonchev–Trinajstić information content (AvgIpc) is 3.14. The fourth-order valence-electron chi connectivity index (χ4n) is 4.70. The summed E-state index contributed by atoms with van der Waals surface area (Å²) < 4.78 is 0. The van der Waals surface area contributed by atoms with Crippen LogP contribution < -0.4 is 10.6 Å². The molecular formula is C24H30N4O3. The first-order valence-electron chi connectivity index (χ1n) is 10.9. The standard InChI is InChI=1S/C24H30N4O3/c1-27-19(9-12-22(30)26-18-5-3-2-4-6-18)15-25-24(31)23-21(27)13-14-28(23)16-17-7-10-20(29)11-8-17/h2-8,10-11,19,21,23,29H,9,12-16H2,1H3,(H,25,31)(H,26,30)/t19-,21-,23-/m0/s1. The lowest BCUT2D eigenvalue weighted by Gasteiger charge is -2.33. The smallest absolute Gasteiger partial charge is 0.239 e. The number of likely N-dealkylation sites (N-methyl/N-ethyl adjacent to an activating group) is 1. The van der Waals surface area contributed by atoms with Gasteiger partial charge in [-0.3, -0.25) is 19.4 Å². The van der Waals surface area contributed by atoms with Crippen LogP contribution in [0.3, 0.4) is 0 Å². The van der Waals surface area contributed by atoms with Crippen LogP contribution in [0.2, 0.25) is 0 Å². The fourth-order valence-corrected chi connectivity index (χ4v) is 4.70. The van der Waals surface area contributed by atoms with E-state index in [4.69, 9.17) is 0 Å². The first-order chi connectivity index (χ1) is 15.0. The van der Waals surface area contributed by atoms with Crippen LogP contribution in [0.25, 0.3) is 0 Å². The van der Waals surface area contributed by atoms with Gasteiger partial charge in [0.05, 0.1) is 0 Å². The number of para-hydroxylation sites is 1. The zero-order valence-corrected chi connectivity index (χ0v) is 17.8. The molecule has 2 aromatic rings. The summed E-state index contributed by atoms with van der Waals surface area (Å²) in [6, 6.07) is 16.7. The zero-order chi connectivity index (χ0) is 21.8. The second kappa shape index (κ2) is 9.49. The summed E-state index contributed by atoms with van der Waals surface area (Å²) in [4.78, 5) is 29.8. The molecule has 7 heteroatoms. The molecule has 164 valence electrons. The maximum atomic E-state index is 12.9. The Morgan fingerprint density at radius 1 is 1.16 bits per heavy atom. The van der Waals surface area contributed by atoms with Crippen LogP contribution in [0.15, 0.2) is 54.6 Å². The highest BCUT2D eigenvalue weighted by Crippen LogP contribution is 2.29. The van der Waals surface area contributed by atoms with Crippen LogP contribution in [-0.2, 0) is 16.1 Å². The lowest BCUT2D eigenvalue weighted by Crippen LogP contribution is -2.49. The van der Waals surface area contributed by atoms with Crippen molar-refractivity contribution in [2.24, 2.45) is 0 Å². The Morgan fingerprint density at radius 2 is 1.90 bits per heavy atom. The molecule has 0 radical (unpaired) electrons. The summed E-state index contributed by atoms with van der Waals surface area (Å²) in [7, 11) is 2.07. The number of carbonyl (C=O) groups is 2. The average molecular weight is 423 g/mol. The highest BCUT2D eigenvalue weighted by atomic mass is 16.3. The van der Waals surface area contributed by atoms with Crippen LogP contribution >= 0.6 is 0 Å². The Labute approximate surface area is 183 Å². The Hall–Kier alpha value is -2.90. The highest BCUT2D eigenvalue weighted by Gasteiger charge is 2.44. The SMILES string of the molecule is CN1[C@@H](CCC(=O)Nc2ccccc2)CNC(=O)[C@@H]2[C@@H]1CCN2Cc1ccc(O)cc1. The summed E-state index contributed by atoms with van der Waals surface area (Å²) in [6.45, 7) is 2.07. The lowest BCUT2D eigenvalue weighted by molar-refractivity contribution is -0.126. The van der Waals surface area contributed by atoms with Crippen molar-refractivity contribution in [3.05, 3.63) is 60.2 Å². The number of anilines is 1. The first-order valence-corrected chi connectivity index (χ1v) is 10.9. The van der Waals surface area contributed by atoms with Crippen molar-refractivity contribution >= 4 is 17.5 Å². The van der Waals surface area contributed by atoms with Crippen molar-refractivity contribution < 1.29 is 14.7 Å². The Morgan fingerprint density at radius 3 is 2.65 bits per heavy atom. The number of phenols is 1. The minimum absolute atomic E-state index is 0.00731. The third-order valence-corrected chi connectivity index (χ3v) is 6.43. The molecule has 2 heterocycles. The molecule has 3 N–H and O–H groups in total. The van der Waals surface area contributed by atoms with E-state index >= 15 is 0 Å². The Kier molecular flexibility index (Phi) is 6.53. The predicted octanol–water partition coefficient (Wildman–Crippen LogP) is 2.18. The monoisotopic (exact) mass is 422 g/mol. The summed E-state index contributed by atoms with van der Waals surface area (Å²) in [6.07, 6.45) is 2.02. The summed E-state index contributed by atoms with van der Waals surface area (Å²) in [5.74, 6) is 0.297. The molecule has 0 aliphatic carbocycles. The fraction of sp³-hybridized carbons (Fsp3) is 0.417. The Balaban J connectivity index is 1.36. The molecule has 0 aromatic heterocycles. The van der Waals surface area contributed by atoms with E-state index in [-0.39, 0.29) is 35.7 Å². The van der Waals surface area contributed by atoms with Crippen molar-refractivity contribution in [1.29, 1.82) is 0 Å². The van der Waals surface area contributed by atoms with E-state index in [0.717, 1.165) is 24.2 Å². The number of hydrogen-bond donors (Lipinski definition) is 3. The maximum absolute atomic E-state index is 12.9. The van der Waals surface area contributed by atoms with Crippen molar-refractivity contribution in [2.45, 2.75) is 43.9 Å². The van der Waals surface area contributed by atoms with Gasteiger partial charge in [0, 0.05) is 43.8 Å². The third-order valence-electron chi connectivity index (χ3n) is 6.43. The van der Waals surface area contributed by atoms with E-state index in [9.17, 15) is 14.7 Å². The topological polar surface area (TPSA) is 84.9 Å². The van der Waals surface area contributed by atoms with Gasteiger partial charge >= 0.3 is 0 Å². The molecule has 7 nitrogen and oxygen atoms in total. The van der Waals surface area contributed by atoms with Crippen molar-refractivity contribution in [1.82, 2.24) is 15.1 Å². The van der Waals surface area contributed by atoms with E-state index in [1.807, 2.05) is 42.5 Å².